The van der Waals surface area contributed by atoms with E-state index in [9.17, 15) is 9.18 Å². The van der Waals surface area contributed by atoms with E-state index in [0.717, 1.165) is 16.9 Å². The van der Waals surface area contributed by atoms with Gasteiger partial charge in [-0.05, 0) is 11.6 Å². The maximum atomic E-state index is 13.2. The van der Waals surface area contributed by atoms with Gasteiger partial charge in [0, 0.05) is 10.1 Å². The third-order valence-electron chi connectivity index (χ3n) is 2.05. The molecular weight excluding hydrogens is 203 g/mol. The van der Waals surface area contributed by atoms with Crippen molar-refractivity contribution in [2.24, 2.45) is 0 Å². The number of aldehydes is 1. The molecule has 0 fully saturated rings. The average molecular weight is 210 g/mol. The zero-order chi connectivity index (χ0) is 10.1. The number of aliphatic hydroxyl groups excluding tert-OH is 1. The fourth-order valence-corrected chi connectivity index (χ4v) is 2.30. The molecule has 0 unspecified atom stereocenters. The van der Waals surface area contributed by atoms with Gasteiger partial charge in [-0.3, -0.25) is 4.79 Å². The minimum atomic E-state index is -0.468. The second kappa shape index (κ2) is 3.48. The Morgan fingerprint density at radius 3 is 2.93 bits per heavy atom. The number of thiophene rings is 1. The van der Waals surface area contributed by atoms with Crippen LogP contribution in [-0.4, -0.2) is 11.4 Å². The lowest BCUT2D eigenvalue weighted by atomic mass is 10.1. The minimum absolute atomic E-state index is 0.0775. The third kappa shape index (κ3) is 1.32. The highest BCUT2D eigenvalue weighted by atomic mass is 32.1. The van der Waals surface area contributed by atoms with E-state index in [-0.39, 0.29) is 12.2 Å². The van der Waals surface area contributed by atoms with Gasteiger partial charge in [-0.25, -0.2) is 0 Å². The maximum Gasteiger partial charge on any atom is 0.188 e. The van der Waals surface area contributed by atoms with Crippen LogP contribution in [0.5, 0.6) is 0 Å². The van der Waals surface area contributed by atoms with Crippen molar-refractivity contribution in [3.63, 3.8) is 0 Å². The Morgan fingerprint density at radius 2 is 2.29 bits per heavy atom. The predicted octanol–water partition coefficient (Wildman–Crippen LogP) is 2.35. The van der Waals surface area contributed by atoms with E-state index in [1.807, 2.05) is 0 Å². The van der Waals surface area contributed by atoms with Crippen LogP contribution in [0.2, 0.25) is 0 Å². The second-order valence-electron chi connectivity index (χ2n) is 2.90. The van der Waals surface area contributed by atoms with Gasteiger partial charge >= 0.3 is 0 Å². The van der Waals surface area contributed by atoms with Crippen molar-refractivity contribution in [2.45, 2.75) is 6.61 Å². The molecule has 2 rings (SSSR count). The number of hydrogen-bond donors (Lipinski definition) is 1. The number of carbonyl (C=O) groups excluding carboxylic acids is 1. The molecule has 0 saturated carbocycles. The van der Waals surface area contributed by atoms with Gasteiger partial charge in [0.2, 0.25) is 0 Å². The molecule has 72 valence electrons. The summed E-state index contributed by atoms with van der Waals surface area (Å²) < 4.78 is 13.9. The number of fused-ring (bicyclic) bond motifs is 1. The number of aliphatic hydroxyl groups is 1. The smallest absolute Gasteiger partial charge is 0.188 e. The first-order valence-corrected chi connectivity index (χ1v) is 4.85. The first-order chi connectivity index (χ1) is 6.76. The predicted molar refractivity (Wildman–Crippen MR) is 53.1 cm³/mol. The van der Waals surface area contributed by atoms with Crippen LogP contribution < -0.4 is 0 Å². The van der Waals surface area contributed by atoms with Crippen molar-refractivity contribution in [1.29, 1.82) is 0 Å². The minimum Gasteiger partial charge on any atom is -0.392 e. The van der Waals surface area contributed by atoms with Gasteiger partial charge in [-0.2, -0.15) is 4.39 Å². The van der Waals surface area contributed by atoms with Crippen LogP contribution in [0.4, 0.5) is 4.39 Å². The summed E-state index contributed by atoms with van der Waals surface area (Å²) in [6.07, 6.45) is 0.521. The van der Waals surface area contributed by atoms with Crippen LogP contribution in [-0.2, 0) is 6.61 Å². The molecule has 1 aromatic carbocycles. The molecule has 0 atom stereocenters. The molecule has 0 amide bonds. The number of carbonyl (C=O) groups is 1. The molecule has 0 spiro atoms. The van der Waals surface area contributed by atoms with E-state index >= 15 is 0 Å². The van der Waals surface area contributed by atoms with Gasteiger partial charge in [0.1, 0.15) is 0 Å². The number of halogens is 1. The lowest BCUT2D eigenvalue weighted by molar-refractivity contribution is 0.112. The van der Waals surface area contributed by atoms with Crippen molar-refractivity contribution in [2.75, 3.05) is 0 Å². The molecule has 0 bridgehead atoms. The molecule has 1 heterocycles. The lowest BCUT2D eigenvalue weighted by Gasteiger charge is -1.95. The Kier molecular flexibility index (Phi) is 2.31. The molecular formula is C10H7FO2S. The highest BCUT2D eigenvalue weighted by Crippen LogP contribution is 2.29. The standard InChI is InChI=1S/C10H7FO2S/c11-10-8(5-13)7-2-1-6(4-12)3-9(7)14-10/h1-3,5,12H,4H2. The maximum absolute atomic E-state index is 13.2. The van der Waals surface area contributed by atoms with Crippen LogP contribution in [0.1, 0.15) is 15.9 Å². The van der Waals surface area contributed by atoms with Crippen molar-refractivity contribution >= 4 is 27.7 Å². The molecule has 0 saturated heterocycles. The number of benzene rings is 1. The van der Waals surface area contributed by atoms with Gasteiger partial charge in [0.15, 0.2) is 11.4 Å². The monoisotopic (exact) mass is 210 g/mol. The first kappa shape index (κ1) is 9.30. The largest absolute Gasteiger partial charge is 0.392 e. The van der Waals surface area contributed by atoms with E-state index in [4.69, 9.17) is 5.11 Å². The van der Waals surface area contributed by atoms with Crippen LogP contribution in [0.15, 0.2) is 18.2 Å². The topological polar surface area (TPSA) is 37.3 Å². The molecule has 0 aliphatic heterocycles. The summed E-state index contributed by atoms with van der Waals surface area (Å²) in [5, 5.41) is 9.02. The zero-order valence-corrected chi connectivity index (χ0v) is 7.97. The summed E-state index contributed by atoms with van der Waals surface area (Å²) >= 11 is 0.924. The Balaban J connectivity index is 2.74. The van der Waals surface area contributed by atoms with E-state index < -0.39 is 5.13 Å². The van der Waals surface area contributed by atoms with E-state index in [1.165, 1.54) is 0 Å². The Bertz CT molecular complexity index is 490. The lowest BCUT2D eigenvalue weighted by Crippen LogP contribution is -1.82. The third-order valence-corrected chi connectivity index (χ3v) is 3.00. The Morgan fingerprint density at radius 1 is 1.50 bits per heavy atom. The first-order valence-electron chi connectivity index (χ1n) is 4.03. The van der Waals surface area contributed by atoms with Crippen molar-refractivity contribution in [3.8, 4) is 0 Å². The Labute approximate surface area is 83.6 Å². The fraction of sp³-hybridized carbons (Fsp3) is 0.100. The molecule has 4 heteroatoms. The fourth-order valence-electron chi connectivity index (χ4n) is 1.34. The Hall–Kier alpha value is -1.26. The SMILES string of the molecule is O=Cc1c(F)sc2cc(CO)ccc12. The summed E-state index contributed by atoms with van der Waals surface area (Å²) in [6.45, 7) is -0.0775. The summed E-state index contributed by atoms with van der Waals surface area (Å²) in [7, 11) is 0. The molecule has 1 N–H and O–H groups in total. The summed E-state index contributed by atoms with van der Waals surface area (Å²) in [4.78, 5) is 10.6. The van der Waals surface area contributed by atoms with Gasteiger partial charge in [-0.1, -0.05) is 12.1 Å². The number of hydrogen-bond acceptors (Lipinski definition) is 3. The highest BCUT2D eigenvalue weighted by Gasteiger charge is 2.10. The molecule has 2 nitrogen and oxygen atoms in total. The van der Waals surface area contributed by atoms with Gasteiger partial charge < -0.3 is 5.11 Å². The van der Waals surface area contributed by atoms with Crippen LogP contribution in [0.3, 0.4) is 0 Å². The summed E-state index contributed by atoms with van der Waals surface area (Å²) in [6, 6.07) is 5.03. The van der Waals surface area contributed by atoms with E-state index in [2.05, 4.69) is 0 Å². The normalized spacial score (nSPS) is 10.7. The zero-order valence-electron chi connectivity index (χ0n) is 7.16. The van der Waals surface area contributed by atoms with Crippen LogP contribution >= 0.6 is 11.3 Å². The highest BCUT2D eigenvalue weighted by molar-refractivity contribution is 7.17. The second-order valence-corrected chi connectivity index (χ2v) is 3.90. The molecule has 0 aliphatic carbocycles. The van der Waals surface area contributed by atoms with Crippen LogP contribution in [0, 0.1) is 5.13 Å². The van der Waals surface area contributed by atoms with Gasteiger partial charge in [-0.15, -0.1) is 11.3 Å². The molecule has 0 radical (unpaired) electrons. The van der Waals surface area contributed by atoms with Crippen LogP contribution in [0.25, 0.3) is 10.1 Å². The quantitative estimate of drug-likeness (QED) is 0.772. The summed E-state index contributed by atoms with van der Waals surface area (Å²) in [5.41, 5.74) is 0.825. The van der Waals surface area contributed by atoms with E-state index in [1.54, 1.807) is 18.2 Å². The number of rotatable bonds is 2. The van der Waals surface area contributed by atoms with Crippen molar-refractivity contribution in [1.82, 2.24) is 0 Å². The molecule has 1 aromatic heterocycles. The molecule has 14 heavy (non-hydrogen) atoms. The van der Waals surface area contributed by atoms with Gasteiger partial charge in [0.05, 0.1) is 12.2 Å². The summed E-state index contributed by atoms with van der Waals surface area (Å²) in [5.74, 6) is 0. The van der Waals surface area contributed by atoms with E-state index in [0.29, 0.717) is 16.4 Å². The van der Waals surface area contributed by atoms with Crippen molar-refractivity contribution < 1.29 is 14.3 Å². The molecule has 2 aromatic rings. The average Bonchev–Trinajstić information content (AvgIpc) is 2.51. The van der Waals surface area contributed by atoms with Crippen molar-refractivity contribution in [3.05, 3.63) is 34.5 Å². The van der Waals surface area contributed by atoms with Gasteiger partial charge in [0.25, 0.3) is 0 Å². The molecule has 0 aliphatic rings.